The molecule has 0 unspecified atom stereocenters. The van der Waals surface area contributed by atoms with E-state index >= 15 is 0 Å². The SMILES string of the molecule is Cc1ccc(-n2cc(CNC(=O)CN)nn2)c(Cl)c1. The first-order valence-corrected chi connectivity index (χ1v) is 6.12. The summed E-state index contributed by atoms with van der Waals surface area (Å²) in [6.07, 6.45) is 1.72. The molecule has 0 atom stereocenters. The molecule has 0 aliphatic rings. The van der Waals surface area contributed by atoms with E-state index in [0.29, 0.717) is 17.3 Å². The molecule has 6 nitrogen and oxygen atoms in total. The lowest BCUT2D eigenvalue weighted by atomic mass is 10.2. The Hall–Kier alpha value is -1.92. The fourth-order valence-corrected chi connectivity index (χ4v) is 1.88. The normalized spacial score (nSPS) is 10.5. The van der Waals surface area contributed by atoms with Crippen LogP contribution >= 0.6 is 11.6 Å². The van der Waals surface area contributed by atoms with Gasteiger partial charge in [0.15, 0.2) is 0 Å². The monoisotopic (exact) mass is 279 g/mol. The number of carbonyl (C=O) groups excluding carboxylic acids is 1. The highest BCUT2D eigenvalue weighted by Crippen LogP contribution is 2.20. The minimum Gasteiger partial charge on any atom is -0.349 e. The fraction of sp³-hybridized carbons (Fsp3) is 0.250. The maximum atomic E-state index is 11.0. The van der Waals surface area contributed by atoms with Crippen LogP contribution in [0.25, 0.3) is 5.69 Å². The molecule has 19 heavy (non-hydrogen) atoms. The zero-order valence-electron chi connectivity index (χ0n) is 10.4. The van der Waals surface area contributed by atoms with Crippen LogP contribution in [0, 0.1) is 6.92 Å². The Morgan fingerprint density at radius 2 is 2.32 bits per heavy atom. The van der Waals surface area contributed by atoms with Crippen LogP contribution in [-0.2, 0) is 11.3 Å². The summed E-state index contributed by atoms with van der Waals surface area (Å²) in [4.78, 5) is 11.0. The highest BCUT2D eigenvalue weighted by molar-refractivity contribution is 6.32. The summed E-state index contributed by atoms with van der Waals surface area (Å²) in [5.74, 6) is -0.233. The number of nitrogens with two attached hydrogens (primary N) is 1. The minimum atomic E-state index is -0.233. The summed E-state index contributed by atoms with van der Waals surface area (Å²) >= 11 is 6.15. The summed E-state index contributed by atoms with van der Waals surface area (Å²) < 4.78 is 1.58. The number of benzene rings is 1. The maximum absolute atomic E-state index is 11.0. The predicted molar refractivity (Wildman–Crippen MR) is 72.0 cm³/mol. The summed E-state index contributed by atoms with van der Waals surface area (Å²) in [6.45, 7) is 2.21. The molecule has 0 aliphatic carbocycles. The van der Waals surface area contributed by atoms with Crippen LogP contribution < -0.4 is 11.1 Å². The largest absolute Gasteiger partial charge is 0.349 e. The molecule has 3 N–H and O–H groups in total. The number of amides is 1. The van der Waals surface area contributed by atoms with Gasteiger partial charge in [-0.3, -0.25) is 4.79 Å². The summed E-state index contributed by atoms with van der Waals surface area (Å²) in [7, 11) is 0. The minimum absolute atomic E-state index is 0.0437. The van der Waals surface area contributed by atoms with Crippen molar-refractivity contribution in [1.29, 1.82) is 0 Å². The average Bonchev–Trinajstić information content (AvgIpc) is 2.84. The summed E-state index contributed by atoms with van der Waals surface area (Å²) in [6, 6.07) is 5.67. The van der Waals surface area contributed by atoms with Crippen molar-refractivity contribution >= 4 is 17.5 Å². The average molecular weight is 280 g/mol. The highest BCUT2D eigenvalue weighted by Gasteiger charge is 2.07. The zero-order valence-corrected chi connectivity index (χ0v) is 11.2. The first-order valence-electron chi connectivity index (χ1n) is 5.74. The van der Waals surface area contributed by atoms with Gasteiger partial charge in [0, 0.05) is 0 Å². The van der Waals surface area contributed by atoms with Gasteiger partial charge in [-0.25, -0.2) is 4.68 Å². The quantitative estimate of drug-likeness (QED) is 0.867. The Morgan fingerprint density at radius 1 is 1.53 bits per heavy atom. The Kier molecular flexibility index (Phi) is 4.13. The van der Waals surface area contributed by atoms with Crippen molar-refractivity contribution in [3.05, 3.63) is 40.7 Å². The number of nitrogens with one attached hydrogen (secondary N) is 1. The zero-order chi connectivity index (χ0) is 13.8. The molecule has 1 aromatic heterocycles. The molecule has 1 aromatic carbocycles. The molecule has 0 fully saturated rings. The van der Waals surface area contributed by atoms with Gasteiger partial charge in [0.2, 0.25) is 5.91 Å². The van der Waals surface area contributed by atoms with Crippen molar-refractivity contribution in [2.24, 2.45) is 5.73 Å². The Morgan fingerprint density at radius 3 is 3.00 bits per heavy atom. The molecule has 1 amide bonds. The van der Waals surface area contributed by atoms with Crippen LogP contribution in [0.1, 0.15) is 11.3 Å². The second-order valence-electron chi connectivity index (χ2n) is 4.09. The van der Waals surface area contributed by atoms with Gasteiger partial charge in [0.05, 0.1) is 30.0 Å². The first kappa shape index (κ1) is 13.5. The third-order valence-electron chi connectivity index (χ3n) is 2.54. The van der Waals surface area contributed by atoms with Crippen LogP contribution in [0.2, 0.25) is 5.02 Å². The number of hydrogen-bond donors (Lipinski definition) is 2. The van der Waals surface area contributed by atoms with E-state index < -0.39 is 0 Å². The van der Waals surface area contributed by atoms with Crippen LogP contribution in [0.15, 0.2) is 24.4 Å². The Balaban J connectivity index is 2.14. The second-order valence-corrected chi connectivity index (χ2v) is 4.50. The second kappa shape index (κ2) is 5.81. The van der Waals surface area contributed by atoms with Gasteiger partial charge in [-0.15, -0.1) is 5.10 Å². The van der Waals surface area contributed by atoms with Crippen molar-refractivity contribution in [1.82, 2.24) is 20.3 Å². The van der Waals surface area contributed by atoms with Gasteiger partial charge in [-0.2, -0.15) is 0 Å². The molecule has 2 rings (SSSR count). The van der Waals surface area contributed by atoms with Gasteiger partial charge < -0.3 is 11.1 Å². The number of aromatic nitrogens is 3. The number of nitrogens with zero attached hydrogens (tertiary/aromatic N) is 3. The van der Waals surface area contributed by atoms with Crippen LogP contribution in [-0.4, -0.2) is 27.4 Å². The topological polar surface area (TPSA) is 85.8 Å². The standard InChI is InChI=1S/C12H14ClN5O/c1-8-2-3-11(10(13)4-8)18-7-9(16-17-18)6-15-12(19)5-14/h2-4,7H,5-6,14H2,1H3,(H,15,19). The lowest BCUT2D eigenvalue weighted by Crippen LogP contribution is -2.29. The highest BCUT2D eigenvalue weighted by atomic mass is 35.5. The predicted octanol–water partition coefficient (Wildman–Crippen LogP) is 0.804. The molecule has 0 saturated heterocycles. The number of carbonyl (C=O) groups is 1. The Bertz CT molecular complexity index is 596. The third kappa shape index (κ3) is 3.30. The lowest BCUT2D eigenvalue weighted by Gasteiger charge is -2.03. The fourth-order valence-electron chi connectivity index (χ4n) is 1.56. The van der Waals surface area contributed by atoms with Crippen LogP contribution in [0.4, 0.5) is 0 Å². The Labute approximate surface area is 115 Å². The van der Waals surface area contributed by atoms with Gasteiger partial charge >= 0.3 is 0 Å². The molecular formula is C12H14ClN5O. The molecule has 2 aromatic rings. The van der Waals surface area contributed by atoms with Crippen molar-refractivity contribution in [2.45, 2.75) is 13.5 Å². The maximum Gasteiger partial charge on any atom is 0.234 e. The number of halogens is 1. The van der Waals surface area contributed by atoms with Crippen LogP contribution in [0.3, 0.4) is 0 Å². The molecule has 7 heteroatoms. The first-order chi connectivity index (χ1) is 9.10. The molecule has 0 saturated carbocycles. The van der Waals surface area contributed by atoms with Crippen molar-refractivity contribution < 1.29 is 4.79 Å². The smallest absolute Gasteiger partial charge is 0.234 e. The van der Waals surface area contributed by atoms with E-state index in [2.05, 4.69) is 15.6 Å². The third-order valence-corrected chi connectivity index (χ3v) is 2.85. The van der Waals surface area contributed by atoms with E-state index in [4.69, 9.17) is 17.3 Å². The number of hydrogen-bond acceptors (Lipinski definition) is 4. The molecule has 0 bridgehead atoms. The van der Waals surface area contributed by atoms with E-state index in [9.17, 15) is 4.79 Å². The molecular weight excluding hydrogens is 266 g/mol. The molecule has 0 radical (unpaired) electrons. The summed E-state index contributed by atoms with van der Waals surface area (Å²) in [5, 5.41) is 11.2. The number of aryl methyl sites for hydroxylation is 1. The summed E-state index contributed by atoms with van der Waals surface area (Å²) in [5.41, 5.74) is 7.65. The van der Waals surface area contributed by atoms with E-state index in [1.165, 1.54) is 0 Å². The number of rotatable bonds is 4. The van der Waals surface area contributed by atoms with E-state index in [0.717, 1.165) is 11.3 Å². The van der Waals surface area contributed by atoms with Gasteiger partial charge in [-0.05, 0) is 24.6 Å². The van der Waals surface area contributed by atoms with E-state index in [1.807, 2.05) is 25.1 Å². The van der Waals surface area contributed by atoms with Crippen molar-refractivity contribution in [2.75, 3.05) is 6.54 Å². The van der Waals surface area contributed by atoms with Crippen molar-refractivity contribution in [3.8, 4) is 5.69 Å². The van der Waals surface area contributed by atoms with Gasteiger partial charge in [-0.1, -0.05) is 22.9 Å². The molecule has 0 aliphatic heterocycles. The van der Waals surface area contributed by atoms with Crippen molar-refractivity contribution in [3.63, 3.8) is 0 Å². The molecule has 1 heterocycles. The van der Waals surface area contributed by atoms with Gasteiger partial charge in [0.1, 0.15) is 5.69 Å². The molecule has 100 valence electrons. The van der Waals surface area contributed by atoms with E-state index in [1.54, 1.807) is 10.9 Å². The van der Waals surface area contributed by atoms with Gasteiger partial charge in [0.25, 0.3) is 0 Å². The van der Waals surface area contributed by atoms with Crippen LogP contribution in [0.5, 0.6) is 0 Å². The molecule has 0 spiro atoms. The van der Waals surface area contributed by atoms with E-state index in [-0.39, 0.29) is 12.5 Å². The lowest BCUT2D eigenvalue weighted by molar-refractivity contribution is -0.119.